The molecule has 1 aliphatic rings. The smallest absolute Gasteiger partial charge is 0.303 e. The normalized spacial score (nSPS) is 14.6. The highest BCUT2D eigenvalue weighted by Gasteiger charge is 2.50. The van der Waals surface area contributed by atoms with Crippen molar-refractivity contribution in [2.45, 2.75) is 70.8 Å². The molecule has 0 unspecified atom stereocenters. The van der Waals surface area contributed by atoms with E-state index in [-0.39, 0.29) is 11.5 Å². The summed E-state index contributed by atoms with van der Waals surface area (Å²) in [6.45, 7) is 7.64. The fourth-order valence-electron chi connectivity index (χ4n) is 5.82. The first-order valence-corrected chi connectivity index (χ1v) is 15.5. The van der Waals surface area contributed by atoms with E-state index in [0.29, 0.717) is 13.0 Å². The van der Waals surface area contributed by atoms with Crippen LogP contribution in [0.1, 0.15) is 64.0 Å². The highest BCUT2D eigenvalue weighted by Crippen LogP contribution is 2.38. The van der Waals surface area contributed by atoms with E-state index in [0.717, 1.165) is 24.8 Å². The molecule has 3 aromatic rings. The minimum atomic E-state index is -2.59. The van der Waals surface area contributed by atoms with Gasteiger partial charge < -0.3 is 9.53 Å². The maximum Gasteiger partial charge on any atom is 0.303 e. The first kappa shape index (κ1) is 27.1. The van der Waals surface area contributed by atoms with Gasteiger partial charge in [0.1, 0.15) is 0 Å². The van der Waals surface area contributed by atoms with E-state index in [2.05, 4.69) is 99.6 Å². The Morgan fingerprint density at radius 3 is 1.84 bits per heavy atom. The first-order chi connectivity index (χ1) is 17.8. The lowest BCUT2D eigenvalue weighted by atomic mass is 9.86. The van der Waals surface area contributed by atoms with Crippen molar-refractivity contribution in [2.75, 3.05) is 6.61 Å². The van der Waals surface area contributed by atoms with E-state index in [4.69, 9.17) is 4.43 Å². The molecule has 4 heteroatoms. The molecule has 0 radical (unpaired) electrons. The zero-order valence-electron chi connectivity index (χ0n) is 22.5. The zero-order valence-corrected chi connectivity index (χ0v) is 23.5. The van der Waals surface area contributed by atoms with Gasteiger partial charge in [0.15, 0.2) is 0 Å². The molecule has 194 valence electrons. The molecule has 1 N–H and O–H groups in total. The summed E-state index contributed by atoms with van der Waals surface area (Å²) in [5.74, 6) is -0.744. The first-order valence-electron chi connectivity index (χ1n) is 13.5. The van der Waals surface area contributed by atoms with Crippen LogP contribution in [0, 0.1) is 0 Å². The third-order valence-electron chi connectivity index (χ3n) is 7.72. The third kappa shape index (κ3) is 6.31. The largest absolute Gasteiger partial charge is 0.481 e. The molecule has 3 aromatic carbocycles. The average Bonchev–Trinajstić information content (AvgIpc) is 2.90. The Kier molecular flexibility index (Phi) is 8.83. The lowest BCUT2D eigenvalue weighted by Gasteiger charge is -2.43. The second-order valence-corrected chi connectivity index (χ2v) is 15.5. The minimum absolute atomic E-state index is 0.0471. The van der Waals surface area contributed by atoms with Crippen molar-refractivity contribution in [1.29, 1.82) is 0 Å². The number of carbonyl (C=O) groups is 1. The van der Waals surface area contributed by atoms with E-state index in [1.165, 1.54) is 39.9 Å². The van der Waals surface area contributed by atoms with Crippen molar-refractivity contribution in [2.24, 2.45) is 0 Å². The molecule has 0 saturated carbocycles. The van der Waals surface area contributed by atoms with Crippen LogP contribution in [0.25, 0.3) is 0 Å². The van der Waals surface area contributed by atoms with Crippen LogP contribution in [-0.2, 0) is 22.1 Å². The van der Waals surface area contributed by atoms with E-state index < -0.39 is 14.3 Å². The molecule has 0 aromatic heterocycles. The predicted octanol–water partition coefficient (Wildman–Crippen LogP) is 6.69. The van der Waals surface area contributed by atoms with Crippen molar-refractivity contribution < 1.29 is 14.3 Å². The highest BCUT2D eigenvalue weighted by atomic mass is 28.4. The monoisotopic (exact) mass is 512 g/mol. The maximum atomic E-state index is 11.2. The molecule has 0 aliphatic heterocycles. The summed E-state index contributed by atoms with van der Waals surface area (Å²) in [5.41, 5.74) is 5.32. The Labute approximate surface area is 223 Å². The van der Waals surface area contributed by atoms with Crippen LogP contribution in [0.4, 0.5) is 0 Å². The second kappa shape index (κ2) is 12.1. The number of carboxylic acid groups (broad SMARTS) is 1. The number of allylic oxidation sites excluding steroid dienone is 1. The lowest BCUT2D eigenvalue weighted by molar-refractivity contribution is -0.136. The molecule has 0 spiro atoms. The van der Waals surface area contributed by atoms with E-state index in [1.807, 2.05) is 6.07 Å². The summed E-state index contributed by atoms with van der Waals surface area (Å²) in [4.78, 5) is 11.2. The summed E-state index contributed by atoms with van der Waals surface area (Å²) in [7, 11) is -2.59. The van der Waals surface area contributed by atoms with Crippen LogP contribution in [0.3, 0.4) is 0 Å². The Bertz CT molecular complexity index is 1170. The van der Waals surface area contributed by atoms with E-state index >= 15 is 0 Å². The van der Waals surface area contributed by atoms with Crippen molar-refractivity contribution in [1.82, 2.24) is 0 Å². The third-order valence-corrected chi connectivity index (χ3v) is 12.7. The van der Waals surface area contributed by atoms with Gasteiger partial charge in [-0.1, -0.05) is 111 Å². The fraction of sp³-hybridized carbons (Fsp3) is 0.364. The molecule has 0 atom stereocenters. The summed E-state index contributed by atoms with van der Waals surface area (Å²) in [5, 5.41) is 11.8. The van der Waals surface area contributed by atoms with Gasteiger partial charge in [-0.15, -0.1) is 0 Å². The fourth-order valence-corrected chi connectivity index (χ4v) is 10.4. The number of carboxylic acids is 1. The van der Waals surface area contributed by atoms with Gasteiger partial charge in [0.25, 0.3) is 8.32 Å². The van der Waals surface area contributed by atoms with Crippen molar-refractivity contribution in [3.63, 3.8) is 0 Å². The Balaban J connectivity index is 1.69. The van der Waals surface area contributed by atoms with Gasteiger partial charge in [-0.05, 0) is 70.6 Å². The number of hydrogen-bond donors (Lipinski definition) is 1. The van der Waals surface area contributed by atoms with Crippen LogP contribution < -0.4 is 10.4 Å². The Morgan fingerprint density at radius 2 is 1.30 bits per heavy atom. The molecular weight excluding hydrogens is 472 g/mol. The molecule has 37 heavy (non-hydrogen) atoms. The summed E-state index contributed by atoms with van der Waals surface area (Å²) in [6.07, 6.45) is 6.19. The van der Waals surface area contributed by atoms with Crippen LogP contribution >= 0.6 is 0 Å². The SMILES string of the molecule is CC(C)(C)[Si](OCC1=C(Cc2ccccc2CCC(=O)O)CCCC1)(c1ccccc1)c1ccccc1. The lowest BCUT2D eigenvalue weighted by Crippen LogP contribution is -2.66. The maximum absolute atomic E-state index is 11.2. The molecule has 0 amide bonds. The van der Waals surface area contributed by atoms with Crippen LogP contribution in [0.5, 0.6) is 0 Å². The molecule has 3 nitrogen and oxygen atoms in total. The van der Waals surface area contributed by atoms with Crippen molar-refractivity contribution in [3.05, 3.63) is 107 Å². The average molecular weight is 513 g/mol. The van der Waals surface area contributed by atoms with Gasteiger partial charge >= 0.3 is 5.97 Å². The number of aryl methyl sites for hydroxylation is 1. The second-order valence-electron chi connectivity index (χ2n) is 11.2. The van der Waals surface area contributed by atoms with Gasteiger partial charge in [0, 0.05) is 6.42 Å². The van der Waals surface area contributed by atoms with E-state index in [9.17, 15) is 9.90 Å². The summed E-state index contributed by atoms with van der Waals surface area (Å²) in [6, 6.07) is 30.0. The molecule has 0 bridgehead atoms. The Morgan fingerprint density at radius 1 is 0.784 bits per heavy atom. The molecule has 1 aliphatic carbocycles. The zero-order chi connectivity index (χ0) is 26.3. The Hall–Kier alpha value is -2.95. The van der Waals surface area contributed by atoms with Crippen molar-refractivity contribution >= 4 is 24.7 Å². The van der Waals surface area contributed by atoms with Gasteiger partial charge in [-0.25, -0.2) is 0 Å². The van der Waals surface area contributed by atoms with E-state index in [1.54, 1.807) is 0 Å². The number of rotatable bonds is 10. The van der Waals surface area contributed by atoms with Gasteiger partial charge in [0.2, 0.25) is 0 Å². The standard InChI is InChI=1S/C33H40O3Si/c1-33(2,3)37(30-18-6-4-7-19-30,31-20-8-5-9-21-31)36-25-29-17-13-12-16-28(29)24-27-15-11-10-14-26(27)22-23-32(34)35/h4-11,14-15,18-21H,12-13,16-17,22-25H2,1-3H3,(H,34,35). The van der Waals surface area contributed by atoms with Crippen LogP contribution in [0.2, 0.25) is 5.04 Å². The van der Waals surface area contributed by atoms with Crippen molar-refractivity contribution in [3.8, 4) is 0 Å². The summed E-state index contributed by atoms with van der Waals surface area (Å²) < 4.78 is 7.29. The molecular formula is C33H40O3Si. The van der Waals surface area contributed by atoms with Gasteiger partial charge in [-0.3, -0.25) is 4.79 Å². The summed E-state index contributed by atoms with van der Waals surface area (Å²) >= 11 is 0. The molecule has 0 fully saturated rings. The number of benzene rings is 3. The molecule has 0 saturated heterocycles. The molecule has 0 heterocycles. The quantitative estimate of drug-likeness (QED) is 0.243. The highest BCUT2D eigenvalue weighted by molar-refractivity contribution is 6.99. The number of aliphatic carboxylic acids is 1. The molecule has 4 rings (SSSR count). The van der Waals surface area contributed by atoms with Gasteiger partial charge in [0.05, 0.1) is 6.61 Å². The van der Waals surface area contributed by atoms with Crippen LogP contribution in [-0.4, -0.2) is 26.0 Å². The number of hydrogen-bond acceptors (Lipinski definition) is 2. The van der Waals surface area contributed by atoms with Crippen LogP contribution in [0.15, 0.2) is 96.1 Å². The topological polar surface area (TPSA) is 46.5 Å². The minimum Gasteiger partial charge on any atom is -0.481 e. The van der Waals surface area contributed by atoms with Gasteiger partial charge in [-0.2, -0.15) is 0 Å². The predicted molar refractivity (Wildman–Crippen MR) is 155 cm³/mol.